The van der Waals surface area contributed by atoms with Crippen molar-refractivity contribution >= 4 is 17.8 Å². The standard InChI is InChI=1S/C17H15N3O4/c21-15-14(11-4-2-1-3-5-11)20(9-8-18-15)16(22)12-6-7-13(17(23)24)19-10-12/h1-7,10,14H,8-9H2,(H,18,21)(H,23,24)/t14-/m1/s1. The van der Waals surface area contributed by atoms with Crippen LogP contribution in [0.15, 0.2) is 48.7 Å². The highest BCUT2D eigenvalue weighted by Crippen LogP contribution is 2.24. The predicted octanol–water partition coefficient (Wildman–Crippen LogP) is 1.09. The zero-order valence-corrected chi connectivity index (χ0v) is 12.7. The fourth-order valence-corrected chi connectivity index (χ4v) is 2.67. The first-order valence-electron chi connectivity index (χ1n) is 7.41. The van der Waals surface area contributed by atoms with Gasteiger partial charge in [0.2, 0.25) is 5.91 Å². The average Bonchev–Trinajstić information content (AvgIpc) is 2.61. The van der Waals surface area contributed by atoms with Crippen molar-refractivity contribution in [3.05, 3.63) is 65.5 Å². The number of benzene rings is 1. The highest BCUT2D eigenvalue weighted by Gasteiger charge is 2.34. The van der Waals surface area contributed by atoms with E-state index in [1.807, 2.05) is 18.2 Å². The SMILES string of the molecule is O=C(O)c1ccc(C(=O)N2CCNC(=O)[C@H]2c2ccccc2)cn1. The van der Waals surface area contributed by atoms with Crippen molar-refractivity contribution in [2.75, 3.05) is 13.1 Å². The second-order valence-electron chi connectivity index (χ2n) is 5.34. The van der Waals surface area contributed by atoms with Crippen LogP contribution in [0.2, 0.25) is 0 Å². The molecule has 0 spiro atoms. The molecule has 2 N–H and O–H groups in total. The van der Waals surface area contributed by atoms with Gasteiger partial charge < -0.3 is 15.3 Å². The number of carboxylic acids is 1. The van der Waals surface area contributed by atoms with Crippen molar-refractivity contribution in [2.45, 2.75) is 6.04 Å². The molecule has 1 aromatic carbocycles. The highest BCUT2D eigenvalue weighted by atomic mass is 16.4. The smallest absolute Gasteiger partial charge is 0.354 e. The number of nitrogens with one attached hydrogen (secondary N) is 1. The Morgan fingerprint density at radius 3 is 2.54 bits per heavy atom. The van der Waals surface area contributed by atoms with Crippen molar-refractivity contribution in [1.82, 2.24) is 15.2 Å². The summed E-state index contributed by atoms with van der Waals surface area (Å²) in [5.41, 5.74) is 0.830. The maximum absolute atomic E-state index is 12.8. The van der Waals surface area contributed by atoms with Gasteiger partial charge in [0, 0.05) is 19.3 Å². The molecule has 1 saturated heterocycles. The molecule has 1 aliphatic heterocycles. The van der Waals surface area contributed by atoms with Gasteiger partial charge in [0.25, 0.3) is 5.91 Å². The fourth-order valence-electron chi connectivity index (χ4n) is 2.67. The molecule has 1 aliphatic rings. The lowest BCUT2D eigenvalue weighted by Crippen LogP contribution is -2.52. The van der Waals surface area contributed by atoms with Gasteiger partial charge in [0.15, 0.2) is 0 Å². The molecule has 7 nitrogen and oxygen atoms in total. The van der Waals surface area contributed by atoms with Crippen molar-refractivity contribution < 1.29 is 19.5 Å². The van der Waals surface area contributed by atoms with Crippen LogP contribution in [0.3, 0.4) is 0 Å². The Labute approximate surface area is 137 Å². The van der Waals surface area contributed by atoms with E-state index in [4.69, 9.17) is 5.11 Å². The van der Waals surface area contributed by atoms with E-state index in [1.54, 1.807) is 12.1 Å². The first-order valence-corrected chi connectivity index (χ1v) is 7.41. The quantitative estimate of drug-likeness (QED) is 0.880. The summed E-state index contributed by atoms with van der Waals surface area (Å²) in [6, 6.07) is 11.0. The molecular weight excluding hydrogens is 310 g/mol. The Morgan fingerprint density at radius 1 is 1.17 bits per heavy atom. The van der Waals surface area contributed by atoms with Gasteiger partial charge in [-0.15, -0.1) is 0 Å². The Bertz CT molecular complexity index is 774. The van der Waals surface area contributed by atoms with Gasteiger partial charge in [0.1, 0.15) is 11.7 Å². The molecule has 7 heteroatoms. The summed E-state index contributed by atoms with van der Waals surface area (Å²) in [7, 11) is 0. The van der Waals surface area contributed by atoms with Crippen LogP contribution >= 0.6 is 0 Å². The molecule has 0 saturated carbocycles. The molecule has 2 aromatic rings. The van der Waals surface area contributed by atoms with Gasteiger partial charge in [0.05, 0.1) is 5.56 Å². The molecule has 2 amide bonds. The van der Waals surface area contributed by atoms with Crippen LogP contribution in [0.5, 0.6) is 0 Å². The van der Waals surface area contributed by atoms with Gasteiger partial charge in [-0.3, -0.25) is 9.59 Å². The molecule has 1 atom stereocenters. The Morgan fingerprint density at radius 2 is 1.92 bits per heavy atom. The number of hydrogen-bond acceptors (Lipinski definition) is 4. The maximum atomic E-state index is 12.8. The van der Waals surface area contributed by atoms with Crippen LogP contribution in [-0.2, 0) is 4.79 Å². The normalized spacial score (nSPS) is 17.2. The predicted molar refractivity (Wildman–Crippen MR) is 84.4 cm³/mol. The van der Waals surface area contributed by atoms with Gasteiger partial charge in [-0.25, -0.2) is 9.78 Å². The zero-order chi connectivity index (χ0) is 17.1. The molecule has 24 heavy (non-hydrogen) atoms. The highest BCUT2D eigenvalue weighted by molar-refractivity contribution is 5.98. The van der Waals surface area contributed by atoms with E-state index in [-0.39, 0.29) is 23.1 Å². The second kappa shape index (κ2) is 6.49. The van der Waals surface area contributed by atoms with Crippen LogP contribution in [-0.4, -0.2) is 45.9 Å². The largest absolute Gasteiger partial charge is 0.477 e. The molecule has 122 valence electrons. The lowest BCUT2D eigenvalue weighted by molar-refractivity contribution is -0.128. The minimum atomic E-state index is -1.16. The first-order chi connectivity index (χ1) is 11.6. The van der Waals surface area contributed by atoms with Crippen molar-refractivity contribution in [3.63, 3.8) is 0 Å². The van der Waals surface area contributed by atoms with Gasteiger partial charge >= 0.3 is 5.97 Å². The average molecular weight is 325 g/mol. The number of aromatic nitrogens is 1. The van der Waals surface area contributed by atoms with Crippen molar-refractivity contribution in [2.24, 2.45) is 0 Å². The summed E-state index contributed by atoms with van der Waals surface area (Å²) in [5, 5.41) is 11.6. The van der Waals surface area contributed by atoms with E-state index < -0.39 is 12.0 Å². The summed E-state index contributed by atoms with van der Waals surface area (Å²) in [4.78, 5) is 41.1. The number of pyridine rings is 1. The summed E-state index contributed by atoms with van der Waals surface area (Å²) in [6.45, 7) is 0.735. The van der Waals surface area contributed by atoms with E-state index >= 15 is 0 Å². The zero-order valence-electron chi connectivity index (χ0n) is 12.7. The monoisotopic (exact) mass is 325 g/mol. The summed E-state index contributed by atoms with van der Waals surface area (Å²) >= 11 is 0. The fraction of sp³-hybridized carbons (Fsp3) is 0.176. The Hall–Kier alpha value is -3.22. The summed E-state index contributed by atoms with van der Waals surface area (Å²) in [5.74, 6) is -1.76. The molecule has 0 unspecified atom stereocenters. The van der Waals surface area contributed by atoms with Crippen LogP contribution in [0, 0.1) is 0 Å². The van der Waals surface area contributed by atoms with Crippen LogP contribution in [0.1, 0.15) is 32.5 Å². The van der Waals surface area contributed by atoms with Gasteiger partial charge in [-0.05, 0) is 17.7 Å². The number of piperazine rings is 1. The molecule has 0 radical (unpaired) electrons. The molecular formula is C17H15N3O4. The van der Waals surface area contributed by atoms with Crippen molar-refractivity contribution in [1.29, 1.82) is 0 Å². The summed E-state index contributed by atoms with van der Waals surface area (Å²) < 4.78 is 0. The molecule has 3 rings (SSSR count). The van der Waals surface area contributed by atoms with Crippen LogP contribution in [0.4, 0.5) is 0 Å². The number of hydrogen-bond donors (Lipinski definition) is 2. The second-order valence-corrected chi connectivity index (χ2v) is 5.34. The third-order valence-corrected chi connectivity index (χ3v) is 3.82. The topological polar surface area (TPSA) is 99.6 Å². The lowest BCUT2D eigenvalue weighted by Gasteiger charge is -2.35. The summed E-state index contributed by atoms with van der Waals surface area (Å²) in [6.07, 6.45) is 1.22. The van der Waals surface area contributed by atoms with Gasteiger partial charge in [-0.2, -0.15) is 0 Å². The van der Waals surface area contributed by atoms with Crippen LogP contribution in [0.25, 0.3) is 0 Å². The van der Waals surface area contributed by atoms with Gasteiger partial charge in [-0.1, -0.05) is 30.3 Å². The number of carbonyl (C=O) groups is 3. The van der Waals surface area contributed by atoms with E-state index in [0.717, 1.165) is 5.56 Å². The minimum Gasteiger partial charge on any atom is -0.477 e. The number of amides is 2. The van der Waals surface area contributed by atoms with E-state index in [2.05, 4.69) is 10.3 Å². The number of aromatic carboxylic acids is 1. The molecule has 1 aromatic heterocycles. The number of rotatable bonds is 3. The lowest BCUT2D eigenvalue weighted by atomic mass is 10.0. The molecule has 1 fully saturated rings. The number of carbonyl (C=O) groups excluding carboxylic acids is 2. The number of carboxylic acid groups (broad SMARTS) is 1. The third-order valence-electron chi connectivity index (χ3n) is 3.82. The third kappa shape index (κ3) is 2.96. The Balaban J connectivity index is 1.91. The Kier molecular flexibility index (Phi) is 4.24. The van der Waals surface area contributed by atoms with Crippen LogP contribution < -0.4 is 5.32 Å². The number of nitrogens with zero attached hydrogens (tertiary/aromatic N) is 2. The molecule has 0 aliphatic carbocycles. The van der Waals surface area contributed by atoms with E-state index in [1.165, 1.54) is 23.2 Å². The molecule has 2 heterocycles. The van der Waals surface area contributed by atoms with E-state index in [0.29, 0.717) is 13.1 Å². The van der Waals surface area contributed by atoms with E-state index in [9.17, 15) is 14.4 Å². The molecule has 0 bridgehead atoms. The first kappa shape index (κ1) is 15.7. The van der Waals surface area contributed by atoms with Crippen molar-refractivity contribution in [3.8, 4) is 0 Å². The maximum Gasteiger partial charge on any atom is 0.354 e. The minimum absolute atomic E-state index is 0.137.